The first-order valence-electron chi connectivity index (χ1n) is 10.1. The zero-order chi connectivity index (χ0) is 21.4. The van der Waals surface area contributed by atoms with Gasteiger partial charge in [-0.1, -0.05) is 48.0 Å². The third-order valence-electron chi connectivity index (χ3n) is 5.54. The molecule has 0 spiro atoms. The molecule has 3 N–H and O–H groups in total. The number of rotatable bonds is 4. The molecule has 0 bridgehead atoms. The van der Waals surface area contributed by atoms with Crippen molar-refractivity contribution in [2.75, 3.05) is 0 Å². The Bertz CT molecular complexity index is 797. The highest BCUT2D eigenvalue weighted by Crippen LogP contribution is 2.32. The van der Waals surface area contributed by atoms with E-state index in [1.165, 1.54) is 27.8 Å². The van der Waals surface area contributed by atoms with E-state index < -0.39 is 6.16 Å². The van der Waals surface area contributed by atoms with Gasteiger partial charge in [0.25, 0.3) is 0 Å². The van der Waals surface area contributed by atoms with E-state index in [-0.39, 0.29) is 5.91 Å². The molecule has 0 unspecified atom stereocenters. The first kappa shape index (κ1) is 22.5. The molecule has 1 aliphatic rings. The summed E-state index contributed by atoms with van der Waals surface area (Å²) in [6.45, 7) is 6.32. The van der Waals surface area contributed by atoms with Crippen LogP contribution in [0, 0.1) is 20.8 Å². The maximum atomic E-state index is 12.5. The fourth-order valence-electron chi connectivity index (χ4n) is 4.22. The second kappa shape index (κ2) is 10.6. The molecule has 0 atom stereocenters. The predicted octanol–water partition coefficient (Wildman–Crippen LogP) is 5.22. The van der Waals surface area contributed by atoms with Crippen molar-refractivity contribution in [1.82, 2.24) is 5.32 Å². The maximum absolute atomic E-state index is 12.5. The fraction of sp³-hybridized carbons (Fsp3) is 0.417. The lowest BCUT2D eigenvalue weighted by molar-refractivity contribution is -0.121. The maximum Gasteiger partial charge on any atom is 0.503 e. The molecule has 0 aliphatic heterocycles. The number of aryl methyl sites for hydroxylation is 3. The molecule has 3 rings (SSSR count). The van der Waals surface area contributed by atoms with Crippen LogP contribution in [0.25, 0.3) is 0 Å². The van der Waals surface area contributed by atoms with Gasteiger partial charge in [0.05, 0.1) is 6.42 Å². The topological polar surface area (TPSA) is 86.6 Å². The number of carboxylic acid groups (broad SMARTS) is 2. The highest BCUT2D eigenvalue weighted by Gasteiger charge is 2.23. The van der Waals surface area contributed by atoms with Gasteiger partial charge in [0.2, 0.25) is 5.91 Å². The monoisotopic (exact) mass is 397 g/mol. The summed E-state index contributed by atoms with van der Waals surface area (Å²) < 4.78 is 0. The number of amides is 1. The number of carbonyl (C=O) groups excluding carboxylic acids is 1. The van der Waals surface area contributed by atoms with Gasteiger partial charge >= 0.3 is 6.16 Å². The molecule has 5 nitrogen and oxygen atoms in total. The van der Waals surface area contributed by atoms with Crippen molar-refractivity contribution in [3.8, 4) is 0 Å². The minimum absolute atomic E-state index is 0.165. The molecule has 1 saturated carbocycles. The molecule has 2 aromatic carbocycles. The summed E-state index contributed by atoms with van der Waals surface area (Å²) in [7, 11) is 0. The van der Waals surface area contributed by atoms with E-state index in [0.29, 0.717) is 18.4 Å². The lowest BCUT2D eigenvalue weighted by Crippen LogP contribution is -2.38. The first-order valence-corrected chi connectivity index (χ1v) is 10.1. The fourth-order valence-corrected chi connectivity index (χ4v) is 4.22. The molecule has 1 aliphatic carbocycles. The van der Waals surface area contributed by atoms with Gasteiger partial charge in [0.15, 0.2) is 0 Å². The SMILES string of the molecule is Cc1cc(C)c(CC(=O)NC2CCC(c3ccccc3)CC2)c(C)c1.O=C(O)O. The summed E-state index contributed by atoms with van der Waals surface area (Å²) in [6.07, 6.45) is 3.15. The van der Waals surface area contributed by atoms with E-state index in [2.05, 4.69) is 68.6 Å². The summed E-state index contributed by atoms with van der Waals surface area (Å²) in [5.74, 6) is 0.814. The molecular weight excluding hydrogens is 366 g/mol. The summed E-state index contributed by atoms with van der Waals surface area (Å²) in [6, 6.07) is 15.4. The summed E-state index contributed by atoms with van der Waals surface area (Å²) in [5.41, 5.74) is 6.33. The molecule has 29 heavy (non-hydrogen) atoms. The quantitative estimate of drug-likeness (QED) is 0.660. The average Bonchev–Trinajstić information content (AvgIpc) is 2.65. The van der Waals surface area contributed by atoms with Crippen LogP contribution >= 0.6 is 0 Å². The molecule has 0 saturated heterocycles. The Morgan fingerprint density at radius 3 is 1.97 bits per heavy atom. The van der Waals surface area contributed by atoms with Gasteiger partial charge in [0.1, 0.15) is 0 Å². The summed E-state index contributed by atoms with van der Waals surface area (Å²) >= 11 is 0. The zero-order valence-electron chi connectivity index (χ0n) is 17.4. The van der Waals surface area contributed by atoms with E-state index in [1.807, 2.05) is 0 Å². The van der Waals surface area contributed by atoms with Gasteiger partial charge in [-0.25, -0.2) is 4.79 Å². The highest BCUT2D eigenvalue weighted by molar-refractivity contribution is 5.79. The molecule has 156 valence electrons. The van der Waals surface area contributed by atoms with Crippen molar-refractivity contribution >= 4 is 12.1 Å². The number of hydrogen-bond acceptors (Lipinski definition) is 2. The third-order valence-corrected chi connectivity index (χ3v) is 5.54. The zero-order valence-corrected chi connectivity index (χ0v) is 17.4. The van der Waals surface area contributed by atoms with Crippen LogP contribution in [0.4, 0.5) is 4.79 Å². The second-order valence-corrected chi connectivity index (χ2v) is 7.86. The number of nitrogens with one attached hydrogen (secondary N) is 1. The first-order chi connectivity index (χ1) is 13.8. The number of hydrogen-bond donors (Lipinski definition) is 3. The number of carbonyl (C=O) groups is 2. The Morgan fingerprint density at radius 2 is 1.45 bits per heavy atom. The Morgan fingerprint density at radius 1 is 0.931 bits per heavy atom. The van der Waals surface area contributed by atoms with Crippen molar-refractivity contribution in [2.45, 2.75) is 64.8 Å². The van der Waals surface area contributed by atoms with E-state index in [4.69, 9.17) is 15.0 Å². The van der Waals surface area contributed by atoms with E-state index >= 15 is 0 Å². The third kappa shape index (κ3) is 7.26. The Kier molecular flexibility index (Phi) is 8.25. The normalized spacial score (nSPS) is 18.3. The van der Waals surface area contributed by atoms with Gasteiger partial charge in [-0.2, -0.15) is 0 Å². The van der Waals surface area contributed by atoms with Gasteiger partial charge in [-0.15, -0.1) is 0 Å². The Hall–Kier alpha value is -2.82. The van der Waals surface area contributed by atoms with Crippen LogP contribution in [0.2, 0.25) is 0 Å². The van der Waals surface area contributed by atoms with Crippen LogP contribution in [-0.4, -0.2) is 28.3 Å². The van der Waals surface area contributed by atoms with Gasteiger partial charge < -0.3 is 15.5 Å². The van der Waals surface area contributed by atoms with E-state index in [0.717, 1.165) is 25.7 Å². The largest absolute Gasteiger partial charge is 0.503 e. The van der Waals surface area contributed by atoms with Crippen molar-refractivity contribution in [1.29, 1.82) is 0 Å². The highest BCUT2D eigenvalue weighted by atomic mass is 16.6. The van der Waals surface area contributed by atoms with Crippen molar-refractivity contribution in [3.05, 3.63) is 70.3 Å². The molecular formula is C24H31NO4. The van der Waals surface area contributed by atoms with Crippen LogP contribution in [0.1, 0.15) is 59.4 Å². The Balaban J connectivity index is 0.000000687. The molecule has 1 amide bonds. The lowest BCUT2D eigenvalue weighted by atomic mass is 9.81. The van der Waals surface area contributed by atoms with Crippen molar-refractivity contribution < 1.29 is 19.8 Å². The number of benzene rings is 2. The smallest absolute Gasteiger partial charge is 0.450 e. The predicted molar refractivity (Wildman–Crippen MR) is 115 cm³/mol. The summed E-state index contributed by atoms with van der Waals surface area (Å²) in [5, 5.41) is 17.2. The average molecular weight is 398 g/mol. The molecule has 0 aromatic heterocycles. The van der Waals surface area contributed by atoms with Crippen LogP contribution in [0.3, 0.4) is 0 Å². The molecule has 5 heteroatoms. The van der Waals surface area contributed by atoms with Crippen LogP contribution < -0.4 is 5.32 Å². The molecule has 1 fully saturated rings. The van der Waals surface area contributed by atoms with Gasteiger partial charge in [-0.3, -0.25) is 4.79 Å². The molecule has 0 heterocycles. The molecule has 0 radical (unpaired) electrons. The summed E-state index contributed by atoms with van der Waals surface area (Å²) in [4.78, 5) is 21.1. The van der Waals surface area contributed by atoms with Crippen LogP contribution in [-0.2, 0) is 11.2 Å². The van der Waals surface area contributed by atoms with Crippen molar-refractivity contribution in [2.24, 2.45) is 0 Å². The Labute approximate surface area is 172 Å². The van der Waals surface area contributed by atoms with Crippen LogP contribution in [0.15, 0.2) is 42.5 Å². The van der Waals surface area contributed by atoms with Gasteiger partial charge in [0, 0.05) is 6.04 Å². The van der Waals surface area contributed by atoms with Crippen LogP contribution in [0.5, 0.6) is 0 Å². The van der Waals surface area contributed by atoms with E-state index in [1.54, 1.807) is 0 Å². The van der Waals surface area contributed by atoms with E-state index in [9.17, 15) is 4.79 Å². The second-order valence-electron chi connectivity index (χ2n) is 7.86. The molecule has 2 aromatic rings. The minimum Gasteiger partial charge on any atom is -0.450 e. The van der Waals surface area contributed by atoms with Gasteiger partial charge in [-0.05, 0) is 74.6 Å². The minimum atomic E-state index is -1.83. The van der Waals surface area contributed by atoms with Crippen molar-refractivity contribution in [3.63, 3.8) is 0 Å². The standard InChI is InChI=1S/C23H29NO.CH2O3/c1-16-13-17(2)22(18(3)14-16)15-23(25)24-21-11-9-20(10-12-21)19-7-5-4-6-8-19;2-1(3)4/h4-8,13-14,20-21H,9-12,15H2,1-3H3,(H,24,25);(H2,2,3,4). The lowest BCUT2D eigenvalue weighted by Gasteiger charge is -2.29.